The van der Waals surface area contributed by atoms with E-state index in [0.29, 0.717) is 29.2 Å². The number of nitro benzene ring substituents is 1. The average molecular weight is 469 g/mol. The summed E-state index contributed by atoms with van der Waals surface area (Å²) in [5, 5.41) is 12.1. The van der Waals surface area contributed by atoms with E-state index >= 15 is 0 Å². The van der Waals surface area contributed by atoms with Gasteiger partial charge in [0.05, 0.1) is 11.0 Å². The van der Waals surface area contributed by atoms with Gasteiger partial charge in [-0.1, -0.05) is 13.8 Å². The summed E-state index contributed by atoms with van der Waals surface area (Å²) in [5.41, 5.74) is 1.22. The molecule has 1 aromatic rings. The number of fused-ring (bicyclic) bond motifs is 1. The van der Waals surface area contributed by atoms with Crippen LogP contribution in [0.2, 0.25) is 0 Å². The number of carbonyl (C=O) groups is 2. The highest BCUT2D eigenvalue weighted by Crippen LogP contribution is 2.51. The van der Waals surface area contributed by atoms with Crippen LogP contribution in [0.1, 0.15) is 70.8 Å². The van der Waals surface area contributed by atoms with Crippen molar-refractivity contribution in [2.24, 2.45) is 16.3 Å². The van der Waals surface area contributed by atoms with E-state index in [2.05, 4.69) is 0 Å². The Morgan fingerprint density at radius 1 is 1.18 bits per heavy atom. The van der Waals surface area contributed by atoms with Gasteiger partial charge in [-0.3, -0.25) is 24.7 Å². The smallest absolute Gasteiger partial charge is 0.315 e. The zero-order valence-corrected chi connectivity index (χ0v) is 19.6. The third kappa shape index (κ3) is 3.86. The summed E-state index contributed by atoms with van der Waals surface area (Å²) in [6, 6.07) is 2.85. The minimum atomic E-state index is -0.927. The van der Waals surface area contributed by atoms with Crippen LogP contribution in [0.5, 0.6) is 11.5 Å². The van der Waals surface area contributed by atoms with Crippen LogP contribution in [0.25, 0.3) is 0 Å². The number of Topliss-reactive ketones (excluding diaryl/α,β-unsaturated/α-hetero) is 1. The summed E-state index contributed by atoms with van der Waals surface area (Å²) in [4.78, 5) is 43.3. The van der Waals surface area contributed by atoms with E-state index in [-0.39, 0.29) is 47.5 Å². The molecular weight excluding hydrogens is 440 g/mol. The van der Waals surface area contributed by atoms with Gasteiger partial charge in [-0.2, -0.15) is 0 Å². The number of rotatable bonds is 4. The number of hydrogen-bond donors (Lipinski definition) is 0. The van der Waals surface area contributed by atoms with Crippen molar-refractivity contribution in [2.75, 3.05) is 6.79 Å². The lowest BCUT2D eigenvalue weighted by atomic mass is 9.66. The molecule has 0 amide bonds. The summed E-state index contributed by atoms with van der Waals surface area (Å²) in [6.45, 7) is 5.69. The molecule has 0 bridgehead atoms. The van der Waals surface area contributed by atoms with Gasteiger partial charge in [-0.25, -0.2) is 0 Å². The van der Waals surface area contributed by atoms with Crippen LogP contribution in [-0.2, 0) is 14.3 Å². The van der Waals surface area contributed by atoms with Gasteiger partial charge in [0.1, 0.15) is 12.0 Å². The Balaban J connectivity index is 1.67. The first kappa shape index (κ1) is 22.6. The second-order valence-corrected chi connectivity index (χ2v) is 10.4. The third-order valence-electron chi connectivity index (χ3n) is 7.19. The number of nitro groups is 1. The van der Waals surface area contributed by atoms with Gasteiger partial charge in [-0.05, 0) is 50.5 Å². The van der Waals surface area contributed by atoms with Crippen LogP contribution in [-0.4, -0.2) is 35.3 Å². The maximum Gasteiger partial charge on any atom is 0.315 e. The number of esters is 1. The summed E-state index contributed by atoms with van der Waals surface area (Å²) >= 11 is 0. The molecule has 2 heterocycles. The Morgan fingerprint density at radius 3 is 2.53 bits per heavy atom. The number of ether oxygens (including phenoxy) is 3. The Morgan fingerprint density at radius 2 is 1.85 bits per heavy atom. The molecule has 0 radical (unpaired) electrons. The molecule has 9 nitrogen and oxygen atoms in total. The lowest BCUT2D eigenvalue weighted by Crippen LogP contribution is -2.40. The standard InChI is InChI=1S/C25H28N2O7/c1-13-21(24(29)34-14-6-4-5-7-14)22(23-16(26-13)10-25(2,3)11-18(23)28)15-8-19-20(33-12-32-19)9-17(15)27(30)31/h8-9,14,21-22H,4-7,10-12H2,1-3H3/t21?,22-/m1/s1. The Labute approximate surface area is 197 Å². The van der Waals surface area contributed by atoms with Gasteiger partial charge in [0.2, 0.25) is 6.79 Å². The van der Waals surface area contributed by atoms with Gasteiger partial charge in [-0.15, -0.1) is 0 Å². The molecule has 5 rings (SSSR count). The van der Waals surface area contributed by atoms with Gasteiger partial charge in [0.15, 0.2) is 17.3 Å². The SMILES string of the molecule is CC1=NC2=C(C(=O)CC(C)(C)C2)[C@H](c2cc3c(cc2[N+](=O)[O-])OCO3)C1C(=O)OC1CCCC1. The van der Waals surface area contributed by atoms with E-state index in [9.17, 15) is 19.7 Å². The summed E-state index contributed by atoms with van der Waals surface area (Å²) < 4.78 is 16.7. The molecule has 2 atom stereocenters. The summed E-state index contributed by atoms with van der Waals surface area (Å²) in [5.74, 6) is -1.81. The number of hydrogen-bond acceptors (Lipinski definition) is 8. The lowest BCUT2D eigenvalue weighted by molar-refractivity contribution is -0.385. The van der Waals surface area contributed by atoms with Crippen LogP contribution in [0, 0.1) is 21.4 Å². The molecule has 1 saturated carbocycles. The van der Waals surface area contributed by atoms with Gasteiger partial charge < -0.3 is 14.2 Å². The molecule has 4 aliphatic rings. The molecule has 180 valence electrons. The molecule has 34 heavy (non-hydrogen) atoms. The molecule has 0 saturated heterocycles. The number of carbonyl (C=O) groups excluding carboxylic acids is 2. The van der Waals surface area contributed by atoms with Crippen molar-refractivity contribution >= 4 is 23.2 Å². The van der Waals surface area contributed by atoms with Crippen molar-refractivity contribution < 1.29 is 28.7 Å². The first-order chi connectivity index (χ1) is 16.1. The number of aliphatic imine (C=N–C) groups is 1. The molecule has 1 unspecified atom stereocenters. The van der Waals surface area contributed by atoms with Crippen LogP contribution < -0.4 is 9.47 Å². The monoisotopic (exact) mass is 468 g/mol. The van der Waals surface area contributed by atoms with Crippen LogP contribution in [0.4, 0.5) is 5.69 Å². The Bertz CT molecular complexity index is 1140. The van der Waals surface area contributed by atoms with Crippen molar-refractivity contribution in [1.29, 1.82) is 0 Å². The molecular formula is C25H28N2O7. The molecule has 1 fully saturated rings. The first-order valence-electron chi connectivity index (χ1n) is 11.7. The van der Waals surface area contributed by atoms with Gasteiger partial charge >= 0.3 is 5.97 Å². The van der Waals surface area contributed by atoms with Crippen molar-refractivity contribution in [3.8, 4) is 11.5 Å². The predicted octanol–water partition coefficient (Wildman–Crippen LogP) is 4.63. The minimum Gasteiger partial charge on any atom is -0.462 e. The molecule has 2 aliphatic heterocycles. The number of nitrogens with zero attached hydrogens (tertiary/aromatic N) is 2. The van der Waals surface area contributed by atoms with Gasteiger partial charge in [0.25, 0.3) is 5.69 Å². The first-order valence-corrected chi connectivity index (χ1v) is 11.7. The predicted molar refractivity (Wildman–Crippen MR) is 122 cm³/mol. The maximum atomic E-state index is 13.5. The maximum absolute atomic E-state index is 13.5. The second-order valence-electron chi connectivity index (χ2n) is 10.4. The Kier molecular flexibility index (Phi) is 5.45. The highest BCUT2D eigenvalue weighted by molar-refractivity contribution is 6.09. The average Bonchev–Trinajstić information content (AvgIpc) is 3.41. The highest BCUT2D eigenvalue weighted by atomic mass is 16.7. The number of ketones is 1. The molecule has 1 aromatic carbocycles. The molecule has 0 N–H and O–H groups in total. The third-order valence-corrected chi connectivity index (χ3v) is 7.19. The Hall–Kier alpha value is -3.23. The summed E-state index contributed by atoms with van der Waals surface area (Å²) in [6.07, 6.45) is 4.23. The van der Waals surface area contributed by atoms with E-state index in [1.807, 2.05) is 13.8 Å². The number of allylic oxidation sites excluding steroid dienone is 2. The van der Waals surface area contributed by atoms with Crippen LogP contribution in [0.3, 0.4) is 0 Å². The van der Waals surface area contributed by atoms with E-state index in [1.54, 1.807) is 6.92 Å². The van der Waals surface area contributed by atoms with Crippen molar-refractivity contribution in [1.82, 2.24) is 0 Å². The molecule has 0 spiro atoms. The molecule has 2 aliphatic carbocycles. The number of benzene rings is 1. The van der Waals surface area contributed by atoms with E-state index < -0.39 is 22.7 Å². The largest absolute Gasteiger partial charge is 0.462 e. The fourth-order valence-corrected chi connectivity index (χ4v) is 5.68. The molecule has 9 heteroatoms. The van der Waals surface area contributed by atoms with Crippen molar-refractivity contribution in [2.45, 2.75) is 71.3 Å². The highest BCUT2D eigenvalue weighted by Gasteiger charge is 2.48. The van der Waals surface area contributed by atoms with Crippen LogP contribution in [0.15, 0.2) is 28.4 Å². The van der Waals surface area contributed by atoms with Crippen molar-refractivity contribution in [3.05, 3.63) is 39.1 Å². The topological polar surface area (TPSA) is 117 Å². The van der Waals surface area contributed by atoms with Crippen molar-refractivity contribution in [3.63, 3.8) is 0 Å². The second kappa shape index (κ2) is 8.21. The quantitative estimate of drug-likeness (QED) is 0.359. The van der Waals surface area contributed by atoms with E-state index in [1.165, 1.54) is 12.1 Å². The molecule has 0 aromatic heterocycles. The van der Waals surface area contributed by atoms with E-state index in [4.69, 9.17) is 19.2 Å². The van der Waals surface area contributed by atoms with Crippen LogP contribution >= 0.6 is 0 Å². The fourth-order valence-electron chi connectivity index (χ4n) is 5.68. The minimum absolute atomic E-state index is 0.0463. The lowest BCUT2D eigenvalue weighted by Gasteiger charge is -2.39. The van der Waals surface area contributed by atoms with E-state index in [0.717, 1.165) is 25.7 Å². The zero-order valence-electron chi connectivity index (χ0n) is 19.6. The summed E-state index contributed by atoms with van der Waals surface area (Å²) in [7, 11) is 0. The van der Waals surface area contributed by atoms with Gasteiger partial charge in [0, 0.05) is 34.9 Å². The fraction of sp³-hybridized carbons (Fsp3) is 0.560. The zero-order chi connectivity index (χ0) is 24.2. The normalized spacial score (nSPS) is 25.7.